The van der Waals surface area contributed by atoms with Crippen molar-refractivity contribution in [2.45, 2.75) is 19.0 Å². The van der Waals surface area contributed by atoms with Crippen LogP contribution in [-0.2, 0) is 4.79 Å². The van der Waals surface area contributed by atoms with Crippen molar-refractivity contribution in [3.8, 4) is 0 Å². The van der Waals surface area contributed by atoms with Crippen LogP contribution < -0.4 is 0 Å². The standard InChI is InChI=1S/C5H6F3NO/c6-5(7,8)3-4(10)1-2-9/h2,9H,1,3H2. The highest BCUT2D eigenvalue weighted by molar-refractivity contribution is 5.90. The van der Waals surface area contributed by atoms with Gasteiger partial charge in [0.25, 0.3) is 0 Å². The summed E-state index contributed by atoms with van der Waals surface area (Å²) in [5, 5.41) is 6.33. The third-order valence-corrected chi connectivity index (χ3v) is 0.727. The molecule has 0 saturated heterocycles. The van der Waals surface area contributed by atoms with Crippen LogP contribution in [0.4, 0.5) is 13.2 Å². The van der Waals surface area contributed by atoms with Gasteiger partial charge in [-0.3, -0.25) is 4.79 Å². The second kappa shape index (κ2) is 3.34. The lowest BCUT2D eigenvalue weighted by molar-refractivity contribution is -0.151. The zero-order valence-corrected chi connectivity index (χ0v) is 5.03. The summed E-state index contributed by atoms with van der Waals surface area (Å²) in [4.78, 5) is 10.2. The first-order valence-corrected chi connectivity index (χ1v) is 2.53. The van der Waals surface area contributed by atoms with Crippen molar-refractivity contribution in [3.63, 3.8) is 0 Å². The number of nitrogens with one attached hydrogen (secondary N) is 1. The highest BCUT2D eigenvalue weighted by atomic mass is 19.4. The van der Waals surface area contributed by atoms with E-state index >= 15 is 0 Å². The Labute approximate surface area is 55.5 Å². The molecule has 0 aromatic heterocycles. The molecule has 0 bridgehead atoms. The van der Waals surface area contributed by atoms with Gasteiger partial charge in [0, 0.05) is 12.6 Å². The first kappa shape index (κ1) is 9.13. The van der Waals surface area contributed by atoms with Gasteiger partial charge in [-0.2, -0.15) is 13.2 Å². The maximum atomic E-state index is 11.3. The number of halogens is 3. The fourth-order valence-electron chi connectivity index (χ4n) is 0.410. The summed E-state index contributed by atoms with van der Waals surface area (Å²) in [7, 11) is 0. The van der Waals surface area contributed by atoms with E-state index in [0.717, 1.165) is 0 Å². The molecule has 0 amide bonds. The van der Waals surface area contributed by atoms with Gasteiger partial charge >= 0.3 is 6.18 Å². The summed E-state index contributed by atoms with van der Waals surface area (Å²) in [5.74, 6) is -0.970. The molecule has 5 heteroatoms. The van der Waals surface area contributed by atoms with E-state index in [1.54, 1.807) is 0 Å². The number of carbonyl (C=O) groups excluding carboxylic acids is 1. The third-order valence-electron chi connectivity index (χ3n) is 0.727. The van der Waals surface area contributed by atoms with Gasteiger partial charge < -0.3 is 5.41 Å². The van der Waals surface area contributed by atoms with Crippen LogP contribution in [0.2, 0.25) is 0 Å². The van der Waals surface area contributed by atoms with Crippen molar-refractivity contribution < 1.29 is 18.0 Å². The lowest BCUT2D eigenvalue weighted by Gasteiger charge is -2.01. The maximum Gasteiger partial charge on any atom is 0.395 e. The van der Waals surface area contributed by atoms with Crippen molar-refractivity contribution in [1.82, 2.24) is 0 Å². The average molecular weight is 153 g/mol. The molecule has 0 radical (unpaired) electrons. The van der Waals surface area contributed by atoms with E-state index in [4.69, 9.17) is 5.41 Å². The topological polar surface area (TPSA) is 40.9 Å². The van der Waals surface area contributed by atoms with Crippen molar-refractivity contribution in [1.29, 1.82) is 5.41 Å². The van der Waals surface area contributed by atoms with Crippen LogP contribution in [0.5, 0.6) is 0 Å². The van der Waals surface area contributed by atoms with Gasteiger partial charge in [0.15, 0.2) is 0 Å². The fourth-order valence-corrected chi connectivity index (χ4v) is 0.410. The van der Waals surface area contributed by atoms with E-state index < -0.39 is 24.8 Å². The van der Waals surface area contributed by atoms with Gasteiger partial charge in [0.1, 0.15) is 12.2 Å². The molecule has 1 N–H and O–H groups in total. The van der Waals surface area contributed by atoms with E-state index in [2.05, 4.69) is 0 Å². The van der Waals surface area contributed by atoms with Gasteiger partial charge in [0.05, 0.1) is 0 Å². The van der Waals surface area contributed by atoms with E-state index in [-0.39, 0.29) is 0 Å². The monoisotopic (exact) mass is 153 g/mol. The zero-order valence-electron chi connectivity index (χ0n) is 5.03. The average Bonchev–Trinajstić information content (AvgIpc) is 1.59. The Morgan fingerprint density at radius 3 is 2.30 bits per heavy atom. The van der Waals surface area contributed by atoms with Crippen molar-refractivity contribution in [2.24, 2.45) is 0 Å². The minimum atomic E-state index is -4.43. The number of Topliss-reactive ketones (excluding diaryl/α,β-unsaturated/α-hetero) is 1. The molecular weight excluding hydrogens is 147 g/mol. The lowest BCUT2D eigenvalue weighted by Crippen LogP contribution is -2.14. The molecule has 0 aromatic rings. The Morgan fingerprint density at radius 2 is 2.00 bits per heavy atom. The Hall–Kier alpha value is -0.870. The smallest absolute Gasteiger partial charge is 0.313 e. The van der Waals surface area contributed by atoms with Gasteiger partial charge in [-0.1, -0.05) is 0 Å². The van der Waals surface area contributed by atoms with Crippen molar-refractivity contribution in [2.75, 3.05) is 0 Å². The summed E-state index contributed by atoms with van der Waals surface area (Å²) in [6, 6.07) is 0. The van der Waals surface area contributed by atoms with Crippen molar-refractivity contribution in [3.05, 3.63) is 0 Å². The molecule has 0 rings (SSSR count). The van der Waals surface area contributed by atoms with Gasteiger partial charge in [-0.25, -0.2) is 0 Å². The largest absolute Gasteiger partial charge is 0.395 e. The summed E-state index contributed by atoms with van der Waals surface area (Å²) in [6.45, 7) is 0. The predicted molar refractivity (Wildman–Crippen MR) is 29.1 cm³/mol. The number of rotatable bonds is 3. The van der Waals surface area contributed by atoms with Crippen LogP contribution >= 0.6 is 0 Å². The first-order valence-electron chi connectivity index (χ1n) is 2.53. The van der Waals surface area contributed by atoms with E-state index in [9.17, 15) is 18.0 Å². The van der Waals surface area contributed by atoms with Crippen LogP contribution in [0.25, 0.3) is 0 Å². The molecule has 0 aliphatic carbocycles. The molecule has 2 nitrogen and oxygen atoms in total. The summed E-state index contributed by atoms with van der Waals surface area (Å²) in [6.07, 6.45) is -5.63. The van der Waals surface area contributed by atoms with Gasteiger partial charge in [0.2, 0.25) is 0 Å². The molecular formula is C5H6F3NO. The van der Waals surface area contributed by atoms with Crippen LogP contribution in [0.1, 0.15) is 12.8 Å². The number of ketones is 1. The Morgan fingerprint density at radius 1 is 1.50 bits per heavy atom. The summed E-state index contributed by atoms with van der Waals surface area (Å²) >= 11 is 0. The van der Waals surface area contributed by atoms with Crippen LogP contribution in [0, 0.1) is 5.41 Å². The highest BCUT2D eigenvalue weighted by Crippen LogP contribution is 2.19. The van der Waals surface area contributed by atoms with Crippen molar-refractivity contribution >= 4 is 12.0 Å². The molecule has 0 atom stereocenters. The number of hydrogen-bond donors (Lipinski definition) is 1. The predicted octanol–water partition coefficient (Wildman–Crippen LogP) is 1.55. The summed E-state index contributed by atoms with van der Waals surface area (Å²) < 4.78 is 34.0. The molecule has 0 aromatic carbocycles. The second-order valence-corrected chi connectivity index (χ2v) is 1.74. The highest BCUT2D eigenvalue weighted by Gasteiger charge is 2.30. The molecule has 10 heavy (non-hydrogen) atoms. The van der Waals surface area contributed by atoms with Gasteiger partial charge in [-0.05, 0) is 0 Å². The minimum absolute atomic E-state index is 0.431. The SMILES string of the molecule is N=CCC(=O)CC(F)(F)F. The van der Waals surface area contributed by atoms with Crippen LogP contribution in [-0.4, -0.2) is 18.2 Å². The van der Waals surface area contributed by atoms with Crippen LogP contribution in [0.15, 0.2) is 0 Å². The molecule has 0 aliphatic rings. The number of hydrogen-bond acceptors (Lipinski definition) is 2. The molecule has 0 heterocycles. The van der Waals surface area contributed by atoms with E-state index in [0.29, 0.717) is 6.21 Å². The molecule has 0 aliphatic heterocycles. The number of alkyl halides is 3. The fraction of sp³-hybridized carbons (Fsp3) is 0.600. The molecule has 0 saturated carbocycles. The first-order chi connectivity index (χ1) is 4.45. The minimum Gasteiger partial charge on any atom is -0.313 e. The number of carbonyl (C=O) groups is 1. The van der Waals surface area contributed by atoms with Gasteiger partial charge in [-0.15, -0.1) is 0 Å². The summed E-state index contributed by atoms with van der Waals surface area (Å²) in [5.41, 5.74) is 0. The zero-order chi connectivity index (χ0) is 8.20. The lowest BCUT2D eigenvalue weighted by atomic mass is 10.2. The van der Waals surface area contributed by atoms with E-state index in [1.165, 1.54) is 0 Å². The Balaban J connectivity index is 3.68. The molecule has 58 valence electrons. The Kier molecular flexibility index (Phi) is 3.05. The third kappa shape index (κ3) is 5.27. The molecule has 0 spiro atoms. The quantitative estimate of drug-likeness (QED) is 0.614. The molecule has 0 fully saturated rings. The second-order valence-electron chi connectivity index (χ2n) is 1.74. The Bertz CT molecular complexity index is 140. The van der Waals surface area contributed by atoms with Crippen LogP contribution in [0.3, 0.4) is 0 Å². The normalized spacial score (nSPS) is 11.1. The van der Waals surface area contributed by atoms with E-state index in [1.807, 2.05) is 0 Å². The maximum absolute atomic E-state index is 11.3. The molecule has 0 unspecified atom stereocenters.